The minimum Gasteiger partial charge on any atom is -0.376 e. The van der Waals surface area contributed by atoms with Crippen LogP contribution in [0.5, 0.6) is 0 Å². The van der Waals surface area contributed by atoms with Crippen LogP contribution in [0.15, 0.2) is 0 Å². The summed E-state index contributed by atoms with van der Waals surface area (Å²) in [7, 11) is 1.88. The van der Waals surface area contributed by atoms with Gasteiger partial charge in [-0.25, -0.2) is 0 Å². The van der Waals surface area contributed by atoms with E-state index in [2.05, 4.69) is 5.32 Å². The van der Waals surface area contributed by atoms with Crippen LogP contribution in [0.4, 0.5) is 0 Å². The first kappa shape index (κ1) is 15.7. The van der Waals surface area contributed by atoms with E-state index in [-0.39, 0.29) is 5.91 Å². The van der Waals surface area contributed by atoms with Crippen molar-refractivity contribution in [2.24, 2.45) is 0 Å². The van der Waals surface area contributed by atoms with Crippen molar-refractivity contribution in [1.29, 1.82) is 0 Å². The van der Waals surface area contributed by atoms with E-state index in [9.17, 15) is 4.79 Å². The van der Waals surface area contributed by atoms with Gasteiger partial charge >= 0.3 is 0 Å². The molecule has 1 amide bonds. The minimum absolute atomic E-state index is 0.258. The molecular formula is C15H28N2O3. The molecule has 5 heteroatoms. The van der Waals surface area contributed by atoms with Crippen molar-refractivity contribution in [3.8, 4) is 0 Å². The summed E-state index contributed by atoms with van der Waals surface area (Å²) >= 11 is 0. The number of nitrogens with zero attached hydrogens (tertiary/aromatic N) is 1. The number of carbonyl (C=O) groups is 1. The molecule has 0 aliphatic carbocycles. The van der Waals surface area contributed by atoms with Gasteiger partial charge in [0.1, 0.15) is 0 Å². The van der Waals surface area contributed by atoms with Crippen LogP contribution < -0.4 is 5.32 Å². The lowest BCUT2D eigenvalue weighted by molar-refractivity contribution is -0.134. The molecule has 2 saturated heterocycles. The first-order chi connectivity index (χ1) is 9.79. The van der Waals surface area contributed by atoms with E-state index >= 15 is 0 Å². The van der Waals surface area contributed by atoms with Gasteiger partial charge in [0.15, 0.2) is 0 Å². The van der Waals surface area contributed by atoms with Crippen molar-refractivity contribution in [2.75, 3.05) is 39.9 Å². The molecule has 1 unspecified atom stereocenters. The first-order valence-corrected chi connectivity index (χ1v) is 7.95. The zero-order chi connectivity index (χ0) is 14.2. The van der Waals surface area contributed by atoms with Crippen LogP contribution in [0, 0.1) is 0 Å². The Kier molecular flexibility index (Phi) is 6.76. The summed E-state index contributed by atoms with van der Waals surface area (Å²) in [5.41, 5.74) is 0. The van der Waals surface area contributed by atoms with Crippen molar-refractivity contribution >= 4 is 5.91 Å². The smallest absolute Gasteiger partial charge is 0.223 e. The summed E-state index contributed by atoms with van der Waals surface area (Å²) in [6, 6.07) is 0. The van der Waals surface area contributed by atoms with E-state index in [1.807, 2.05) is 11.9 Å². The quantitative estimate of drug-likeness (QED) is 0.795. The maximum Gasteiger partial charge on any atom is 0.223 e. The molecule has 2 aliphatic heterocycles. The van der Waals surface area contributed by atoms with Gasteiger partial charge in [-0.05, 0) is 39.2 Å². The van der Waals surface area contributed by atoms with Gasteiger partial charge in [0.05, 0.1) is 18.8 Å². The van der Waals surface area contributed by atoms with Crippen LogP contribution in [0.2, 0.25) is 0 Å². The molecule has 116 valence electrons. The number of hydrogen-bond donors (Lipinski definition) is 1. The largest absolute Gasteiger partial charge is 0.376 e. The molecule has 0 saturated carbocycles. The predicted molar refractivity (Wildman–Crippen MR) is 77.7 cm³/mol. The Hall–Kier alpha value is -0.650. The van der Waals surface area contributed by atoms with Crippen LogP contribution in [-0.2, 0) is 14.3 Å². The number of nitrogens with one attached hydrogen (secondary N) is 1. The molecule has 0 aromatic heterocycles. The summed E-state index contributed by atoms with van der Waals surface area (Å²) in [5.74, 6) is 0.258. The molecular weight excluding hydrogens is 256 g/mol. The van der Waals surface area contributed by atoms with E-state index in [0.29, 0.717) is 18.6 Å². The Morgan fingerprint density at radius 2 is 2.10 bits per heavy atom. The highest BCUT2D eigenvalue weighted by Gasteiger charge is 2.24. The number of amides is 1. The lowest BCUT2D eigenvalue weighted by atomic mass is 10.1. The van der Waals surface area contributed by atoms with E-state index in [4.69, 9.17) is 9.47 Å². The molecule has 0 spiro atoms. The monoisotopic (exact) mass is 284 g/mol. The van der Waals surface area contributed by atoms with E-state index in [0.717, 1.165) is 52.1 Å². The maximum atomic E-state index is 11.9. The number of carbonyl (C=O) groups excluding carboxylic acids is 1. The van der Waals surface area contributed by atoms with Gasteiger partial charge in [0.2, 0.25) is 5.91 Å². The molecule has 20 heavy (non-hydrogen) atoms. The van der Waals surface area contributed by atoms with Crippen molar-refractivity contribution in [2.45, 2.75) is 50.7 Å². The third-order valence-electron chi connectivity index (χ3n) is 4.18. The standard InChI is InChI=1S/C15H28N2O3/c1-16-8-5-15(18)17-9-6-13(7-10-17)20-12-14-4-2-3-11-19-14/h13-14,16H,2-12H2,1H3. The normalized spacial score (nSPS) is 24.9. The lowest BCUT2D eigenvalue weighted by Gasteiger charge is -2.33. The highest BCUT2D eigenvalue weighted by Crippen LogP contribution is 2.18. The topological polar surface area (TPSA) is 50.8 Å². The molecule has 0 aromatic rings. The van der Waals surface area contributed by atoms with E-state index < -0.39 is 0 Å². The molecule has 1 N–H and O–H groups in total. The molecule has 2 rings (SSSR count). The molecule has 0 radical (unpaired) electrons. The number of hydrogen-bond acceptors (Lipinski definition) is 4. The second kappa shape index (κ2) is 8.60. The van der Waals surface area contributed by atoms with E-state index in [1.165, 1.54) is 12.8 Å². The van der Waals surface area contributed by atoms with Crippen molar-refractivity contribution in [3.63, 3.8) is 0 Å². The van der Waals surface area contributed by atoms with Crippen molar-refractivity contribution < 1.29 is 14.3 Å². The average molecular weight is 284 g/mol. The molecule has 2 fully saturated rings. The SMILES string of the molecule is CNCCC(=O)N1CCC(OCC2CCCCO2)CC1. The molecule has 5 nitrogen and oxygen atoms in total. The zero-order valence-corrected chi connectivity index (χ0v) is 12.6. The summed E-state index contributed by atoms with van der Waals surface area (Å²) in [6.45, 7) is 4.02. The van der Waals surface area contributed by atoms with Gasteiger partial charge in [-0.3, -0.25) is 4.79 Å². The van der Waals surface area contributed by atoms with Crippen LogP contribution in [-0.4, -0.2) is 62.9 Å². The number of ether oxygens (including phenoxy) is 2. The lowest BCUT2D eigenvalue weighted by Crippen LogP contribution is -2.42. The Morgan fingerprint density at radius 3 is 2.75 bits per heavy atom. The minimum atomic E-state index is 0.258. The Bertz CT molecular complexity index is 285. The number of piperidine rings is 1. The van der Waals surface area contributed by atoms with Gasteiger partial charge in [-0.2, -0.15) is 0 Å². The third kappa shape index (κ3) is 5.04. The number of likely N-dealkylation sites (tertiary alicyclic amines) is 1. The molecule has 2 aliphatic rings. The van der Waals surface area contributed by atoms with Gasteiger partial charge in [-0.1, -0.05) is 0 Å². The van der Waals surface area contributed by atoms with Crippen molar-refractivity contribution in [3.05, 3.63) is 0 Å². The Labute approximate surface area is 122 Å². The fourth-order valence-electron chi connectivity index (χ4n) is 2.84. The average Bonchev–Trinajstić information content (AvgIpc) is 2.52. The summed E-state index contributed by atoms with van der Waals surface area (Å²) < 4.78 is 11.6. The second-order valence-corrected chi connectivity index (χ2v) is 5.76. The highest BCUT2D eigenvalue weighted by atomic mass is 16.5. The van der Waals surface area contributed by atoms with Crippen LogP contribution >= 0.6 is 0 Å². The van der Waals surface area contributed by atoms with Crippen LogP contribution in [0.25, 0.3) is 0 Å². The first-order valence-electron chi connectivity index (χ1n) is 7.95. The van der Waals surface area contributed by atoms with Crippen LogP contribution in [0.1, 0.15) is 38.5 Å². The van der Waals surface area contributed by atoms with Gasteiger partial charge in [0.25, 0.3) is 0 Å². The molecule has 0 aromatic carbocycles. The summed E-state index contributed by atoms with van der Waals surface area (Å²) in [6.07, 6.45) is 6.67. The van der Waals surface area contributed by atoms with E-state index in [1.54, 1.807) is 0 Å². The summed E-state index contributed by atoms with van der Waals surface area (Å²) in [5, 5.41) is 3.02. The fourth-order valence-corrected chi connectivity index (χ4v) is 2.84. The maximum absolute atomic E-state index is 11.9. The van der Waals surface area contributed by atoms with Crippen LogP contribution in [0.3, 0.4) is 0 Å². The Morgan fingerprint density at radius 1 is 1.30 bits per heavy atom. The van der Waals surface area contributed by atoms with Crippen molar-refractivity contribution in [1.82, 2.24) is 10.2 Å². The molecule has 0 bridgehead atoms. The zero-order valence-electron chi connectivity index (χ0n) is 12.6. The number of rotatable bonds is 6. The summed E-state index contributed by atoms with van der Waals surface area (Å²) in [4.78, 5) is 13.9. The van der Waals surface area contributed by atoms with Gasteiger partial charge < -0.3 is 19.7 Å². The fraction of sp³-hybridized carbons (Fsp3) is 0.933. The molecule has 2 heterocycles. The third-order valence-corrected chi connectivity index (χ3v) is 4.18. The molecule has 1 atom stereocenters. The highest BCUT2D eigenvalue weighted by molar-refractivity contribution is 5.76. The predicted octanol–water partition coefficient (Wildman–Crippen LogP) is 1.17. The van der Waals surface area contributed by atoms with Gasteiger partial charge in [0, 0.05) is 32.7 Å². The Balaban J connectivity index is 1.60. The second-order valence-electron chi connectivity index (χ2n) is 5.76. The van der Waals surface area contributed by atoms with Gasteiger partial charge in [-0.15, -0.1) is 0 Å².